The summed E-state index contributed by atoms with van der Waals surface area (Å²) in [4.78, 5) is 11.3. The zero-order valence-electron chi connectivity index (χ0n) is 12.3. The third kappa shape index (κ3) is 5.46. The minimum atomic E-state index is -0.293. The number of carbonyl (C=O) groups excluding carboxylic acids is 1. The van der Waals surface area contributed by atoms with Crippen molar-refractivity contribution >= 4 is 6.03 Å². The van der Waals surface area contributed by atoms with Gasteiger partial charge in [0.25, 0.3) is 0 Å². The number of hydrogen-bond acceptors (Lipinski definition) is 3. The highest BCUT2D eigenvalue weighted by Crippen LogP contribution is 2.14. The molecule has 0 saturated carbocycles. The molecule has 0 bridgehead atoms. The predicted molar refractivity (Wildman–Crippen MR) is 84.5 cm³/mol. The van der Waals surface area contributed by atoms with E-state index in [1.165, 1.54) is 0 Å². The molecule has 0 radical (unpaired) electrons. The van der Waals surface area contributed by atoms with Crippen LogP contribution >= 0.6 is 0 Å². The molecule has 22 heavy (non-hydrogen) atoms. The van der Waals surface area contributed by atoms with Crippen molar-refractivity contribution in [3.8, 4) is 5.75 Å². The number of carbonyl (C=O) groups is 1. The van der Waals surface area contributed by atoms with Gasteiger partial charge in [0.2, 0.25) is 0 Å². The molecule has 116 valence electrons. The molecule has 2 rings (SSSR count). The average Bonchev–Trinajstić information content (AvgIpc) is 2.58. The van der Waals surface area contributed by atoms with Crippen LogP contribution in [0.3, 0.4) is 0 Å². The topological polar surface area (TPSA) is 70.6 Å². The zero-order valence-corrected chi connectivity index (χ0v) is 12.3. The van der Waals surface area contributed by atoms with Gasteiger partial charge in [0.05, 0.1) is 6.61 Å². The number of rotatable bonds is 7. The van der Waals surface area contributed by atoms with Gasteiger partial charge in [-0.05, 0) is 23.3 Å². The molecule has 0 aromatic heterocycles. The van der Waals surface area contributed by atoms with Crippen molar-refractivity contribution in [3.05, 3.63) is 65.7 Å². The van der Waals surface area contributed by atoms with E-state index in [0.717, 1.165) is 16.9 Å². The molecule has 0 unspecified atom stereocenters. The highest BCUT2D eigenvalue weighted by Gasteiger charge is 2.00. The molecule has 0 heterocycles. The Labute approximate surface area is 129 Å². The molecule has 0 saturated heterocycles. The monoisotopic (exact) mass is 300 g/mol. The number of aliphatic hydroxyl groups excluding tert-OH is 1. The Balaban J connectivity index is 1.76. The molecular weight excluding hydrogens is 280 g/mol. The molecule has 0 aliphatic heterocycles. The van der Waals surface area contributed by atoms with E-state index in [2.05, 4.69) is 10.6 Å². The number of amides is 2. The summed E-state index contributed by atoms with van der Waals surface area (Å²) in [5.41, 5.74) is 2.10. The number of ether oxygens (including phenoxy) is 1. The molecule has 3 N–H and O–H groups in total. The van der Waals surface area contributed by atoms with E-state index in [4.69, 9.17) is 9.84 Å². The Bertz CT molecular complexity index is 570. The first-order valence-corrected chi connectivity index (χ1v) is 7.16. The minimum absolute atomic E-state index is 0.0686. The van der Waals surface area contributed by atoms with Gasteiger partial charge in [0.1, 0.15) is 12.4 Å². The fraction of sp³-hybridized carbons (Fsp3) is 0.235. The van der Waals surface area contributed by atoms with E-state index in [1.54, 1.807) is 0 Å². The summed E-state index contributed by atoms with van der Waals surface area (Å²) in [6.07, 6.45) is 0. The number of benzene rings is 2. The second-order valence-corrected chi connectivity index (χ2v) is 4.75. The van der Waals surface area contributed by atoms with Crippen LogP contribution in [-0.2, 0) is 13.2 Å². The summed E-state index contributed by atoms with van der Waals surface area (Å²) in [5.74, 6) is 0.789. The van der Waals surface area contributed by atoms with Gasteiger partial charge in [-0.15, -0.1) is 0 Å². The second kappa shape index (κ2) is 8.69. The smallest absolute Gasteiger partial charge is 0.315 e. The molecular formula is C17H20N2O3. The van der Waals surface area contributed by atoms with Gasteiger partial charge in [0, 0.05) is 13.1 Å². The molecule has 0 spiro atoms. The fourth-order valence-corrected chi connectivity index (χ4v) is 1.86. The van der Waals surface area contributed by atoms with Crippen LogP contribution < -0.4 is 15.4 Å². The van der Waals surface area contributed by atoms with Gasteiger partial charge in [-0.2, -0.15) is 0 Å². The Kier molecular flexibility index (Phi) is 6.26. The predicted octanol–water partition coefficient (Wildman–Crippen LogP) is 2.06. The van der Waals surface area contributed by atoms with E-state index in [-0.39, 0.29) is 19.2 Å². The maximum atomic E-state index is 11.3. The largest absolute Gasteiger partial charge is 0.489 e. The number of hydrogen-bond donors (Lipinski definition) is 3. The molecule has 0 aliphatic carbocycles. The van der Waals surface area contributed by atoms with Crippen LogP contribution in [0.25, 0.3) is 0 Å². The molecule has 5 nitrogen and oxygen atoms in total. The third-order valence-corrected chi connectivity index (χ3v) is 3.02. The number of nitrogens with one attached hydrogen (secondary N) is 2. The van der Waals surface area contributed by atoms with Gasteiger partial charge in [-0.25, -0.2) is 4.79 Å². The molecule has 0 atom stereocenters. The third-order valence-electron chi connectivity index (χ3n) is 3.02. The maximum absolute atomic E-state index is 11.3. The molecule has 2 aromatic carbocycles. The van der Waals surface area contributed by atoms with Crippen molar-refractivity contribution in [2.24, 2.45) is 0 Å². The summed E-state index contributed by atoms with van der Waals surface area (Å²) < 4.78 is 5.70. The van der Waals surface area contributed by atoms with Crippen molar-refractivity contribution < 1.29 is 14.6 Å². The first-order valence-electron chi connectivity index (χ1n) is 7.16. The van der Waals surface area contributed by atoms with Gasteiger partial charge < -0.3 is 20.5 Å². The minimum Gasteiger partial charge on any atom is -0.489 e. The summed E-state index contributed by atoms with van der Waals surface area (Å²) in [7, 11) is 0. The summed E-state index contributed by atoms with van der Waals surface area (Å²) in [6, 6.07) is 17.3. The van der Waals surface area contributed by atoms with Crippen LogP contribution in [0.15, 0.2) is 54.6 Å². The van der Waals surface area contributed by atoms with Gasteiger partial charge in [0.15, 0.2) is 0 Å². The maximum Gasteiger partial charge on any atom is 0.315 e. The van der Waals surface area contributed by atoms with Crippen LogP contribution in [0.4, 0.5) is 4.79 Å². The highest BCUT2D eigenvalue weighted by atomic mass is 16.5. The lowest BCUT2D eigenvalue weighted by molar-refractivity contribution is 0.234. The van der Waals surface area contributed by atoms with Crippen molar-refractivity contribution in [2.75, 3.05) is 13.2 Å². The van der Waals surface area contributed by atoms with Crippen LogP contribution in [0.2, 0.25) is 0 Å². The standard InChI is InChI=1S/C17H20N2O3/c20-11-10-18-17(21)19-12-14-6-8-16(9-7-14)22-13-15-4-2-1-3-5-15/h1-9,20H,10-13H2,(H2,18,19,21). The molecule has 2 amide bonds. The number of urea groups is 1. The first kappa shape index (κ1) is 15.9. The molecule has 0 aliphatic rings. The second-order valence-electron chi connectivity index (χ2n) is 4.75. The van der Waals surface area contributed by atoms with E-state index < -0.39 is 0 Å². The van der Waals surface area contributed by atoms with E-state index in [9.17, 15) is 4.79 Å². The van der Waals surface area contributed by atoms with Crippen LogP contribution in [0.5, 0.6) is 5.75 Å². The zero-order chi connectivity index (χ0) is 15.6. The summed E-state index contributed by atoms with van der Waals surface area (Å²) in [6.45, 7) is 1.14. The number of aliphatic hydroxyl groups is 1. The fourth-order valence-electron chi connectivity index (χ4n) is 1.86. The van der Waals surface area contributed by atoms with E-state index in [0.29, 0.717) is 13.2 Å². The van der Waals surface area contributed by atoms with Crippen LogP contribution in [0.1, 0.15) is 11.1 Å². The normalized spacial score (nSPS) is 10.0. The van der Waals surface area contributed by atoms with E-state index in [1.807, 2.05) is 54.6 Å². The van der Waals surface area contributed by atoms with Crippen molar-refractivity contribution in [3.63, 3.8) is 0 Å². The average molecular weight is 300 g/mol. The summed E-state index contributed by atoms with van der Waals surface area (Å²) in [5, 5.41) is 13.8. The van der Waals surface area contributed by atoms with Crippen LogP contribution in [0, 0.1) is 0 Å². The lowest BCUT2D eigenvalue weighted by atomic mass is 10.2. The molecule has 2 aromatic rings. The van der Waals surface area contributed by atoms with Gasteiger partial charge >= 0.3 is 6.03 Å². The first-order chi connectivity index (χ1) is 10.8. The van der Waals surface area contributed by atoms with Crippen molar-refractivity contribution in [1.29, 1.82) is 0 Å². The Morgan fingerprint density at radius 2 is 1.68 bits per heavy atom. The molecule has 5 heteroatoms. The lowest BCUT2D eigenvalue weighted by Crippen LogP contribution is -2.36. The van der Waals surface area contributed by atoms with Gasteiger partial charge in [-0.1, -0.05) is 42.5 Å². The van der Waals surface area contributed by atoms with Gasteiger partial charge in [-0.3, -0.25) is 0 Å². The Hall–Kier alpha value is -2.53. The lowest BCUT2D eigenvalue weighted by Gasteiger charge is -2.09. The Morgan fingerprint density at radius 3 is 2.36 bits per heavy atom. The van der Waals surface area contributed by atoms with Crippen LogP contribution in [-0.4, -0.2) is 24.3 Å². The SMILES string of the molecule is O=C(NCCO)NCc1ccc(OCc2ccccc2)cc1. The van der Waals surface area contributed by atoms with E-state index >= 15 is 0 Å². The summed E-state index contributed by atoms with van der Waals surface area (Å²) >= 11 is 0. The van der Waals surface area contributed by atoms with Crippen molar-refractivity contribution in [1.82, 2.24) is 10.6 Å². The Morgan fingerprint density at radius 1 is 0.955 bits per heavy atom. The molecule has 0 fully saturated rings. The highest BCUT2D eigenvalue weighted by molar-refractivity contribution is 5.73. The quantitative estimate of drug-likeness (QED) is 0.733. The van der Waals surface area contributed by atoms with Crippen molar-refractivity contribution in [2.45, 2.75) is 13.2 Å².